The molecule has 136 valence electrons. The molecule has 25 heavy (non-hydrogen) atoms. The molecule has 0 fully saturated rings. The van der Waals surface area contributed by atoms with E-state index in [0.717, 1.165) is 48.9 Å². The van der Waals surface area contributed by atoms with Gasteiger partial charge in [-0.1, -0.05) is 44.0 Å². The minimum Gasteiger partial charge on any atom is -0.497 e. The summed E-state index contributed by atoms with van der Waals surface area (Å²) in [6.45, 7) is 4.43. The van der Waals surface area contributed by atoms with Crippen molar-refractivity contribution < 1.29 is 14.2 Å². The van der Waals surface area contributed by atoms with E-state index < -0.39 is 0 Å². The van der Waals surface area contributed by atoms with Crippen molar-refractivity contribution in [3.8, 4) is 17.2 Å². The Morgan fingerprint density at radius 3 is 2.36 bits per heavy atom. The molecule has 0 saturated heterocycles. The van der Waals surface area contributed by atoms with E-state index in [9.17, 15) is 0 Å². The van der Waals surface area contributed by atoms with E-state index in [1.165, 1.54) is 18.4 Å². The number of ether oxygens (including phenoxy) is 3. The molecule has 0 heterocycles. The lowest BCUT2D eigenvalue weighted by Crippen LogP contribution is -2.14. The molecular formula is C21H29NO3. The third kappa shape index (κ3) is 5.98. The van der Waals surface area contributed by atoms with Crippen molar-refractivity contribution in [2.75, 3.05) is 20.8 Å². The van der Waals surface area contributed by atoms with Crippen molar-refractivity contribution in [1.29, 1.82) is 0 Å². The number of rotatable bonds is 11. The van der Waals surface area contributed by atoms with Crippen LogP contribution in [-0.2, 0) is 13.1 Å². The Labute approximate surface area is 151 Å². The Morgan fingerprint density at radius 1 is 0.880 bits per heavy atom. The number of hydrogen-bond acceptors (Lipinski definition) is 4. The van der Waals surface area contributed by atoms with Crippen LogP contribution in [0.1, 0.15) is 37.3 Å². The van der Waals surface area contributed by atoms with Crippen LogP contribution in [0.25, 0.3) is 0 Å². The lowest BCUT2D eigenvalue weighted by molar-refractivity contribution is 0.282. The summed E-state index contributed by atoms with van der Waals surface area (Å²) >= 11 is 0. The number of hydrogen-bond donors (Lipinski definition) is 1. The molecule has 0 atom stereocenters. The average Bonchev–Trinajstić information content (AvgIpc) is 2.66. The van der Waals surface area contributed by atoms with Crippen LogP contribution >= 0.6 is 0 Å². The third-order valence-electron chi connectivity index (χ3n) is 4.08. The highest BCUT2D eigenvalue weighted by molar-refractivity contribution is 5.46. The van der Waals surface area contributed by atoms with Gasteiger partial charge in [-0.2, -0.15) is 0 Å². The van der Waals surface area contributed by atoms with Crippen molar-refractivity contribution in [1.82, 2.24) is 5.32 Å². The van der Waals surface area contributed by atoms with Crippen LogP contribution in [0, 0.1) is 0 Å². The van der Waals surface area contributed by atoms with E-state index in [-0.39, 0.29) is 0 Å². The maximum atomic E-state index is 6.01. The van der Waals surface area contributed by atoms with Gasteiger partial charge in [-0.15, -0.1) is 0 Å². The molecule has 4 nitrogen and oxygen atoms in total. The standard InChI is InChI=1S/C21H29NO3/c1-4-5-6-14-25-21-18(8-7-9-20(21)24-3)16-22-15-17-10-12-19(23-2)13-11-17/h7-13,22H,4-6,14-16H2,1-3H3. The van der Waals surface area contributed by atoms with E-state index in [4.69, 9.17) is 14.2 Å². The predicted octanol–water partition coefficient (Wildman–Crippen LogP) is 4.56. The largest absolute Gasteiger partial charge is 0.497 e. The van der Waals surface area contributed by atoms with Gasteiger partial charge in [0.1, 0.15) is 5.75 Å². The van der Waals surface area contributed by atoms with Gasteiger partial charge in [-0.3, -0.25) is 0 Å². The Balaban J connectivity index is 1.94. The van der Waals surface area contributed by atoms with Crippen LogP contribution in [0.15, 0.2) is 42.5 Å². The first-order chi connectivity index (χ1) is 12.3. The quantitative estimate of drug-likeness (QED) is 0.607. The molecular weight excluding hydrogens is 314 g/mol. The van der Waals surface area contributed by atoms with Crippen LogP contribution in [-0.4, -0.2) is 20.8 Å². The minimum atomic E-state index is 0.722. The van der Waals surface area contributed by atoms with E-state index in [1.807, 2.05) is 24.3 Å². The summed E-state index contributed by atoms with van der Waals surface area (Å²) in [6, 6.07) is 14.1. The molecule has 0 unspecified atom stereocenters. The van der Waals surface area contributed by atoms with Gasteiger partial charge in [-0.25, -0.2) is 0 Å². The van der Waals surface area contributed by atoms with Crippen LogP contribution in [0.3, 0.4) is 0 Å². The van der Waals surface area contributed by atoms with E-state index in [2.05, 4.69) is 30.4 Å². The van der Waals surface area contributed by atoms with E-state index in [0.29, 0.717) is 0 Å². The third-order valence-corrected chi connectivity index (χ3v) is 4.08. The van der Waals surface area contributed by atoms with Crippen LogP contribution < -0.4 is 19.5 Å². The molecule has 0 radical (unpaired) electrons. The van der Waals surface area contributed by atoms with Crippen molar-refractivity contribution in [2.24, 2.45) is 0 Å². The van der Waals surface area contributed by atoms with Crippen LogP contribution in [0.5, 0.6) is 17.2 Å². The van der Waals surface area contributed by atoms with Gasteiger partial charge in [-0.05, 0) is 30.2 Å². The fraction of sp³-hybridized carbons (Fsp3) is 0.429. The summed E-state index contributed by atoms with van der Waals surface area (Å²) in [7, 11) is 3.36. The highest BCUT2D eigenvalue weighted by atomic mass is 16.5. The molecule has 0 aromatic heterocycles. The average molecular weight is 343 g/mol. The van der Waals surface area contributed by atoms with Gasteiger partial charge in [0.25, 0.3) is 0 Å². The number of unbranched alkanes of at least 4 members (excludes halogenated alkanes) is 2. The van der Waals surface area contributed by atoms with Crippen molar-refractivity contribution in [2.45, 2.75) is 39.3 Å². The second-order valence-electron chi connectivity index (χ2n) is 5.96. The molecule has 2 aromatic rings. The number of nitrogens with one attached hydrogen (secondary N) is 1. The van der Waals surface area contributed by atoms with E-state index in [1.54, 1.807) is 14.2 Å². The molecule has 2 aromatic carbocycles. The van der Waals surface area contributed by atoms with Gasteiger partial charge >= 0.3 is 0 Å². The van der Waals surface area contributed by atoms with Gasteiger partial charge in [0, 0.05) is 18.7 Å². The fourth-order valence-corrected chi connectivity index (χ4v) is 2.64. The number of methoxy groups -OCH3 is 2. The lowest BCUT2D eigenvalue weighted by atomic mass is 10.1. The Kier molecular flexibility index (Phi) is 8.13. The van der Waals surface area contributed by atoms with Crippen molar-refractivity contribution in [3.63, 3.8) is 0 Å². The second kappa shape index (κ2) is 10.6. The van der Waals surface area contributed by atoms with Gasteiger partial charge in [0.15, 0.2) is 11.5 Å². The zero-order chi connectivity index (χ0) is 17.9. The Bertz CT molecular complexity index is 626. The second-order valence-corrected chi connectivity index (χ2v) is 5.96. The molecule has 1 N–H and O–H groups in total. The maximum Gasteiger partial charge on any atom is 0.165 e. The highest BCUT2D eigenvalue weighted by Crippen LogP contribution is 2.31. The summed E-state index contributed by atoms with van der Waals surface area (Å²) in [4.78, 5) is 0. The molecule has 0 spiro atoms. The van der Waals surface area contributed by atoms with Crippen molar-refractivity contribution in [3.05, 3.63) is 53.6 Å². The van der Waals surface area contributed by atoms with Gasteiger partial charge in [0.2, 0.25) is 0 Å². The molecule has 0 aliphatic heterocycles. The van der Waals surface area contributed by atoms with E-state index >= 15 is 0 Å². The molecule has 0 aliphatic rings. The highest BCUT2D eigenvalue weighted by Gasteiger charge is 2.10. The first kappa shape index (κ1) is 19.1. The Morgan fingerprint density at radius 2 is 1.68 bits per heavy atom. The monoisotopic (exact) mass is 343 g/mol. The molecule has 0 aliphatic carbocycles. The number of para-hydroxylation sites is 1. The molecule has 0 saturated carbocycles. The summed E-state index contributed by atoms with van der Waals surface area (Å²) < 4.78 is 16.7. The molecule has 0 bridgehead atoms. The smallest absolute Gasteiger partial charge is 0.165 e. The summed E-state index contributed by atoms with van der Waals surface area (Å²) in [5.74, 6) is 2.52. The summed E-state index contributed by atoms with van der Waals surface area (Å²) in [5.41, 5.74) is 2.33. The Hall–Kier alpha value is -2.20. The van der Waals surface area contributed by atoms with Crippen LogP contribution in [0.4, 0.5) is 0 Å². The minimum absolute atomic E-state index is 0.722. The van der Waals surface area contributed by atoms with Gasteiger partial charge in [0.05, 0.1) is 20.8 Å². The molecule has 0 amide bonds. The summed E-state index contributed by atoms with van der Waals surface area (Å²) in [6.07, 6.45) is 3.43. The zero-order valence-corrected chi connectivity index (χ0v) is 15.5. The number of benzene rings is 2. The fourth-order valence-electron chi connectivity index (χ4n) is 2.64. The zero-order valence-electron chi connectivity index (χ0n) is 15.5. The van der Waals surface area contributed by atoms with Crippen LogP contribution in [0.2, 0.25) is 0 Å². The lowest BCUT2D eigenvalue weighted by Gasteiger charge is -2.15. The predicted molar refractivity (Wildman–Crippen MR) is 102 cm³/mol. The topological polar surface area (TPSA) is 39.7 Å². The SMILES string of the molecule is CCCCCOc1c(CNCc2ccc(OC)cc2)cccc1OC. The van der Waals surface area contributed by atoms with Gasteiger partial charge < -0.3 is 19.5 Å². The molecule has 4 heteroatoms. The molecule has 2 rings (SSSR count). The maximum absolute atomic E-state index is 6.01. The van der Waals surface area contributed by atoms with Crippen molar-refractivity contribution >= 4 is 0 Å². The first-order valence-electron chi connectivity index (χ1n) is 8.90. The first-order valence-corrected chi connectivity index (χ1v) is 8.90. The summed E-state index contributed by atoms with van der Waals surface area (Å²) in [5, 5.41) is 3.47. The normalized spacial score (nSPS) is 10.5.